The highest BCUT2D eigenvalue weighted by molar-refractivity contribution is 7.98. The number of anilines is 1. The van der Waals surface area contributed by atoms with Crippen molar-refractivity contribution in [2.75, 3.05) is 36.2 Å². The zero-order valence-corrected chi connectivity index (χ0v) is 18.1. The lowest BCUT2D eigenvalue weighted by molar-refractivity contribution is -0.119. The SMILES string of the molecule is CS(=O)(=O)N(CC(=O)NCCCSCc1ccccc1F)c1ccc2c(c1)OCO2. The topological polar surface area (TPSA) is 84.9 Å². The predicted molar refractivity (Wildman–Crippen MR) is 115 cm³/mol. The molecule has 1 heterocycles. The maximum absolute atomic E-state index is 13.6. The number of fused-ring (bicyclic) bond motifs is 1. The lowest BCUT2D eigenvalue weighted by Gasteiger charge is -2.22. The van der Waals surface area contributed by atoms with Gasteiger partial charge in [-0.15, -0.1) is 0 Å². The van der Waals surface area contributed by atoms with Crippen molar-refractivity contribution in [2.24, 2.45) is 0 Å². The van der Waals surface area contributed by atoms with Gasteiger partial charge in [0.1, 0.15) is 12.4 Å². The van der Waals surface area contributed by atoms with E-state index in [1.54, 1.807) is 42.1 Å². The second kappa shape index (κ2) is 10.0. The summed E-state index contributed by atoms with van der Waals surface area (Å²) in [5.74, 6) is 1.65. The number of halogens is 1. The van der Waals surface area contributed by atoms with Gasteiger partial charge in [0.25, 0.3) is 0 Å². The third kappa shape index (κ3) is 6.02. The Morgan fingerprint density at radius 3 is 2.73 bits per heavy atom. The van der Waals surface area contributed by atoms with Crippen LogP contribution < -0.4 is 19.1 Å². The van der Waals surface area contributed by atoms with Gasteiger partial charge in [-0.05, 0) is 35.9 Å². The number of benzene rings is 2. The Bertz CT molecular complexity index is 1000. The van der Waals surface area contributed by atoms with Crippen LogP contribution in [0.25, 0.3) is 0 Å². The van der Waals surface area contributed by atoms with E-state index in [0.29, 0.717) is 41.5 Å². The molecule has 2 aromatic rings. The zero-order valence-electron chi connectivity index (χ0n) is 16.5. The van der Waals surface area contributed by atoms with Crippen molar-refractivity contribution in [2.45, 2.75) is 12.2 Å². The molecule has 1 N–H and O–H groups in total. The fourth-order valence-corrected chi connectivity index (χ4v) is 4.62. The Balaban J connectivity index is 1.45. The number of rotatable bonds is 10. The maximum atomic E-state index is 13.6. The van der Waals surface area contributed by atoms with E-state index in [0.717, 1.165) is 16.3 Å². The molecular formula is C20H23FN2O5S2. The molecule has 3 rings (SSSR count). The van der Waals surface area contributed by atoms with Crippen molar-refractivity contribution in [3.63, 3.8) is 0 Å². The summed E-state index contributed by atoms with van der Waals surface area (Å²) in [5, 5.41) is 2.73. The molecule has 0 radical (unpaired) electrons. The summed E-state index contributed by atoms with van der Waals surface area (Å²) < 4.78 is 49.5. The highest BCUT2D eigenvalue weighted by Gasteiger charge is 2.23. The molecule has 0 bridgehead atoms. The van der Waals surface area contributed by atoms with Gasteiger partial charge in [-0.1, -0.05) is 18.2 Å². The molecule has 1 aliphatic heterocycles. The first-order valence-corrected chi connectivity index (χ1v) is 12.3. The van der Waals surface area contributed by atoms with Gasteiger partial charge < -0.3 is 14.8 Å². The monoisotopic (exact) mass is 454 g/mol. The summed E-state index contributed by atoms with van der Waals surface area (Å²) >= 11 is 1.58. The lowest BCUT2D eigenvalue weighted by atomic mass is 10.2. The van der Waals surface area contributed by atoms with Crippen molar-refractivity contribution in [1.82, 2.24) is 5.32 Å². The second-order valence-electron chi connectivity index (χ2n) is 6.65. The number of carbonyl (C=O) groups is 1. The van der Waals surface area contributed by atoms with Crippen LogP contribution in [0.5, 0.6) is 11.5 Å². The third-order valence-electron chi connectivity index (χ3n) is 4.33. The van der Waals surface area contributed by atoms with Crippen molar-refractivity contribution < 1.29 is 27.1 Å². The average Bonchev–Trinajstić information content (AvgIpc) is 3.17. The Morgan fingerprint density at radius 1 is 1.20 bits per heavy atom. The number of nitrogens with zero attached hydrogens (tertiary/aromatic N) is 1. The number of carbonyl (C=O) groups excluding carboxylic acids is 1. The van der Waals surface area contributed by atoms with E-state index in [2.05, 4.69) is 5.32 Å². The molecule has 162 valence electrons. The number of ether oxygens (including phenoxy) is 2. The Morgan fingerprint density at radius 2 is 1.97 bits per heavy atom. The molecule has 0 unspecified atom stereocenters. The fourth-order valence-electron chi connectivity index (χ4n) is 2.83. The number of hydrogen-bond acceptors (Lipinski definition) is 6. The molecular weight excluding hydrogens is 431 g/mol. The normalized spacial score (nSPS) is 12.6. The fraction of sp³-hybridized carbons (Fsp3) is 0.350. The number of amides is 1. The van der Waals surface area contributed by atoms with Crippen LogP contribution in [0, 0.1) is 5.82 Å². The second-order valence-corrected chi connectivity index (χ2v) is 9.67. The van der Waals surface area contributed by atoms with Gasteiger partial charge in [0.05, 0.1) is 11.9 Å². The van der Waals surface area contributed by atoms with E-state index in [1.165, 1.54) is 12.1 Å². The van der Waals surface area contributed by atoms with Crippen LogP contribution >= 0.6 is 11.8 Å². The summed E-state index contributed by atoms with van der Waals surface area (Å²) in [4.78, 5) is 12.3. The predicted octanol–water partition coefficient (Wildman–Crippen LogP) is 2.76. The van der Waals surface area contributed by atoms with Crippen molar-refractivity contribution in [3.05, 3.63) is 53.8 Å². The number of thioether (sulfide) groups is 1. The first-order chi connectivity index (χ1) is 14.3. The maximum Gasteiger partial charge on any atom is 0.240 e. The first kappa shape index (κ1) is 22.2. The van der Waals surface area contributed by atoms with Gasteiger partial charge >= 0.3 is 0 Å². The minimum atomic E-state index is -3.67. The van der Waals surface area contributed by atoms with Crippen molar-refractivity contribution in [1.29, 1.82) is 0 Å². The van der Waals surface area contributed by atoms with Crippen LogP contribution in [-0.2, 0) is 20.6 Å². The van der Waals surface area contributed by atoms with E-state index in [1.807, 2.05) is 0 Å². The Labute approximate surface area is 179 Å². The van der Waals surface area contributed by atoms with Crippen LogP contribution in [-0.4, -0.2) is 46.2 Å². The van der Waals surface area contributed by atoms with Gasteiger partial charge in [0, 0.05) is 18.4 Å². The molecule has 0 aliphatic carbocycles. The van der Waals surface area contributed by atoms with Crippen LogP contribution in [0.2, 0.25) is 0 Å². The minimum absolute atomic E-state index is 0.0765. The van der Waals surface area contributed by atoms with Crippen LogP contribution in [0.1, 0.15) is 12.0 Å². The van der Waals surface area contributed by atoms with Crippen LogP contribution in [0.3, 0.4) is 0 Å². The van der Waals surface area contributed by atoms with E-state index in [4.69, 9.17) is 9.47 Å². The molecule has 1 aliphatic rings. The molecule has 0 atom stereocenters. The van der Waals surface area contributed by atoms with E-state index >= 15 is 0 Å². The van der Waals surface area contributed by atoms with E-state index in [9.17, 15) is 17.6 Å². The van der Waals surface area contributed by atoms with E-state index in [-0.39, 0.29) is 19.2 Å². The number of nitrogens with one attached hydrogen (secondary N) is 1. The van der Waals surface area contributed by atoms with Crippen molar-refractivity contribution in [3.8, 4) is 11.5 Å². The van der Waals surface area contributed by atoms with Crippen LogP contribution in [0.15, 0.2) is 42.5 Å². The molecule has 10 heteroatoms. The standard InChI is InChI=1S/C20H23FN2O5S2/c1-30(25,26)23(16-7-8-18-19(11-16)28-14-27-18)12-20(24)22-9-4-10-29-13-15-5-2-3-6-17(15)21/h2-3,5-8,11H,4,9-10,12-14H2,1H3,(H,22,24). The summed E-state index contributed by atoms with van der Waals surface area (Å²) in [6.45, 7) is 0.149. The smallest absolute Gasteiger partial charge is 0.240 e. The highest BCUT2D eigenvalue weighted by Crippen LogP contribution is 2.36. The van der Waals surface area contributed by atoms with E-state index < -0.39 is 15.9 Å². The molecule has 0 saturated heterocycles. The third-order valence-corrected chi connectivity index (χ3v) is 6.57. The van der Waals surface area contributed by atoms with Crippen LogP contribution in [0.4, 0.5) is 10.1 Å². The van der Waals surface area contributed by atoms with Gasteiger partial charge in [-0.2, -0.15) is 11.8 Å². The van der Waals surface area contributed by atoms with Gasteiger partial charge in [-0.3, -0.25) is 9.10 Å². The molecule has 7 nitrogen and oxygen atoms in total. The zero-order chi connectivity index (χ0) is 21.6. The van der Waals surface area contributed by atoms with Gasteiger partial charge in [0.15, 0.2) is 11.5 Å². The molecule has 2 aromatic carbocycles. The van der Waals surface area contributed by atoms with Gasteiger partial charge in [0.2, 0.25) is 22.7 Å². The minimum Gasteiger partial charge on any atom is -0.454 e. The highest BCUT2D eigenvalue weighted by atomic mass is 32.2. The Kier molecular flexibility index (Phi) is 7.43. The van der Waals surface area contributed by atoms with Crippen molar-refractivity contribution >= 4 is 33.4 Å². The first-order valence-electron chi connectivity index (χ1n) is 9.30. The summed E-state index contributed by atoms with van der Waals surface area (Å²) in [5.41, 5.74) is 0.983. The largest absolute Gasteiger partial charge is 0.454 e. The molecule has 0 fully saturated rings. The quantitative estimate of drug-likeness (QED) is 0.556. The summed E-state index contributed by atoms with van der Waals surface area (Å²) in [6, 6.07) is 11.4. The molecule has 30 heavy (non-hydrogen) atoms. The molecule has 1 amide bonds. The van der Waals surface area contributed by atoms with Gasteiger partial charge in [-0.25, -0.2) is 12.8 Å². The molecule has 0 saturated carbocycles. The number of hydrogen-bond donors (Lipinski definition) is 1. The Hall–Kier alpha value is -2.46. The molecule has 0 aromatic heterocycles. The summed E-state index contributed by atoms with van der Waals surface area (Å²) in [6.07, 6.45) is 1.73. The average molecular weight is 455 g/mol. The molecule has 0 spiro atoms. The lowest BCUT2D eigenvalue weighted by Crippen LogP contribution is -2.40. The summed E-state index contributed by atoms with van der Waals surface area (Å²) in [7, 11) is -3.67. The number of sulfonamides is 1.